The summed E-state index contributed by atoms with van der Waals surface area (Å²) in [5.74, 6) is -0.730. The van der Waals surface area contributed by atoms with E-state index in [1.165, 1.54) is 0 Å². The van der Waals surface area contributed by atoms with Crippen molar-refractivity contribution in [1.29, 1.82) is 0 Å². The molecule has 0 amide bonds. The van der Waals surface area contributed by atoms with Crippen LogP contribution in [0, 0.1) is 0 Å². The maximum absolute atomic E-state index is 10.6. The van der Waals surface area contributed by atoms with Crippen LogP contribution in [0.1, 0.15) is 6.42 Å². The lowest BCUT2D eigenvalue weighted by molar-refractivity contribution is -0.143. The fraction of sp³-hybridized carbons (Fsp3) is 0.571. The highest BCUT2D eigenvalue weighted by atomic mass is 32.2. The molecule has 0 aromatic heterocycles. The molecule has 2 unspecified atom stereocenters. The number of aliphatic carboxylic acids is 1. The first-order valence-electron chi connectivity index (χ1n) is 3.60. The van der Waals surface area contributed by atoms with E-state index in [1.54, 1.807) is 17.8 Å². The van der Waals surface area contributed by atoms with Crippen molar-refractivity contribution in [3.05, 3.63) is 11.5 Å². The fourth-order valence-corrected chi connectivity index (χ4v) is 2.45. The highest BCUT2D eigenvalue weighted by Gasteiger charge is 2.38. The first kappa shape index (κ1) is 7.18. The third-order valence-electron chi connectivity index (χ3n) is 2.11. The van der Waals surface area contributed by atoms with Gasteiger partial charge < -0.3 is 5.11 Å². The molecule has 0 aliphatic carbocycles. The van der Waals surface area contributed by atoms with E-state index in [2.05, 4.69) is 0 Å². The van der Waals surface area contributed by atoms with Gasteiger partial charge in [0.2, 0.25) is 0 Å². The second-order valence-electron chi connectivity index (χ2n) is 2.73. The second-order valence-corrected chi connectivity index (χ2v) is 3.82. The highest BCUT2D eigenvalue weighted by Crippen LogP contribution is 2.34. The van der Waals surface area contributed by atoms with E-state index in [-0.39, 0.29) is 6.04 Å². The summed E-state index contributed by atoms with van der Waals surface area (Å²) in [6.07, 6.45) is 2.88. The monoisotopic (exact) mass is 171 g/mol. The molecule has 11 heavy (non-hydrogen) atoms. The minimum atomic E-state index is -0.730. The molecule has 60 valence electrons. The van der Waals surface area contributed by atoms with Crippen molar-refractivity contribution in [2.24, 2.45) is 0 Å². The molecule has 0 radical (unpaired) electrons. The number of carboxylic acid groups (broad SMARTS) is 1. The molecular weight excluding hydrogens is 162 g/mol. The minimum absolute atomic E-state index is 0.366. The van der Waals surface area contributed by atoms with Crippen molar-refractivity contribution >= 4 is 17.7 Å². The quantitative estimate of drug-likeness (QED) is 0.631. The molecule has 0 aromatic rings. The zero-order valence-electron chi connectivity index (χ0n) is 5.93. The summed E-state index contributed by atoms with van der Waals surface area (Å²) in [7, 11) is 0. The molecule has 2 aliphatic heterocycles. The number of hydrogen-bond acceptors (Lipinski definition) is 3. The Kier molecular flexibility index (Phi) is 1.65. The molecular formula is C7H9NO2S. The molecule has 0 spiro atoms. The molecule has 1 fully saturated rings. The summed E-state index contributed by atoms with van der Waals surface area (Å²) in [6.45, 7) is 0.930. The van der Waals surface area contributed by atoms with Gasteiger partial charge in [-0.05, 0) is 17.9 Å². The van der Waals surface area contributed by atoms with Crippen LogP contribution in [0.5, 0.6) is 0 Å². The number of fused-ring (bicyclic) bond motifs is 1. The van der Waals surface area contributed by atoms with Gasteiger partial charge in [-0.2, -0.15) is 0 Å². The lowest BCUT2D eigenvalue weighted by Crippen LogP contribution is -2.54. The van der Waals surface area contributed by atoms with Crippen LogP contribution in [0.15, 0.2) is 11.5 Å². The molecule has 0 aromatic carbocycles. The standard InChI is InChI=1S/C7H9NO2S/c9-7(10)5-2-4-11-6-1-3-8(5)6/h2,4-6H,1,3H2,(H,9,10). The molecule has 1 saturated heterocycles. The Bertz CT molecular complexity index is 216. The summed E-state index contributed by atoms with van der Waals surface area (Å²) in [5, 5.41) is 11.1. The van der Waals surface area contributed by atoms with E-state index in [1.807, 2.05) is 10.3 Å². The number of nitrogens with zero attached hydrogens (tertiary/aromatic N) is 1. The summed E-state index contributed by atoms with van der Waals surface area (Å²) >= 11 is 1.72. The Labute approximate surface area is 69.1 Å². The first-order chi connectivity index (χ1) is 5.29. The summed E-state index contributed by atoms with van der Waals surface area (Å²) in [5.41, 5.74) is 0. The summed E-state index contributed by atoms with van der Waals surface area (Å²) in [6, 6.07) is -0.366. The highest BCUT2D eigenvalue weighted by molar-refractivity contribution is 8.02. The van der Waals surface area contributed by atoms with Gasteiger partial charge in [0.1, 0.15) is 6.04 Å². The third kappa shape index (κ3) is 1.06. The van der Waals surface area contributed by atoms with Crippen LogP contribution >= 0.6 is 11.8 Å². The lowest BCUT2D eigenvalue weighted by Gasteiger charge is -2.44. The lowest BCUT2D eigenvalue weighted by atomic mass is 10.1. The van der Waals surface area contributed by atoms with Gasteiger partial charge in [-0.3, -0.25) is 9.69 Å². The maximum atomic E-state index is 10.6. The fourth-order valence-electron chi connectivity index (χ4n) is 1.39. The molecule has 0 saturated carbocycles. The summed E-state index contributed by atoms with van der Waals surface area (Å²) in [4.78, 5) is 12.6. The molecule has 2 heterocycles. The average Bonchev–Trinajstić information content (AvgIpc) is 1.90. The topological polar surface area (TPSA) is 40.5 Å². The van der Waals surface area contributed by atoms with Crippen molar-refractivity contribution in [2.45, 2.75) is 17.8 Å². The predicted octanol–water partition coefficient (Wildman–Crippen LogP) is 0.732. The van der Waals surface area contributed by atoms with Crippen LogP contribution in [0.4, 0.5) is 0 Å². The van der Waals surface area contributed by atoms with Gasteiger partial charge in [0.15, 0.2) is 0 Å². The second kappa shape index (κ2) is 2.53. The van der Waals surface area contributed by atoms with Gasteiger partial charge in [-0.25, -0.2) is 0 Å². The van der Waals surface area contributed by atoms with Crippen LogP contribution in [-0.4, -0.2) is 33.9 Å². The molecule has 0 bridgehead atoms. The van der Waals surface area contributed by atoms with E-state index >= 15 is 0 Å². The van der Waals surface area contributed by atoms with Gasteiger partial charge in [-0.1, -0.05) is 0 Å². The average molecular weight is 171 g/mol. The Morgan fingerprint density at radius 2 is 2.55 bits per heavy atom. The molecule has 1 N–H and O–H groups in total. The van der Waals surface area contributed by atoms with Gasteiger partial charge in [0, 0.05) is 6.54 Å². The zero-order valence-corrected chi connectivity index (χ0v) is 6.75. The van der Waals surface area contributed by atoms with E-state index in [0.29, 0.717) is 5.37 Å². The van der Waals surface area contributed by atoms with Gasteiger partial charge in [-0.15, -0.1) is 11.8 Å². The van der Waals surface area contributed by atoms with Crippen LogP contribution in [0.25, 0.3) is 0 Å². The zero-order chi connectivity index (χ0) is 7.84. The van der Waals surface area contributed by atoms with Crippen molar-refractivity contribution in [1.82, 2.24) is 4.90 Å². The van der Waals surface area contributed by atoms with Gasteiger partial charge in [0.05, 0.1) is 5.37 Å². The van der Waals surface area contributed by atoms with Crippen molar-refractivity contribution < 1.29 is 9.90 Å². The van der Waals surface area contributed by atoms with E-state index in [4.69, 9.17) is 5.11 Å². The Hall–Kier alpha value is -0.480. The summed E-state index contributed by atoms with van der Waals surface area (Å²) < 4.78 is 0. The SMILES string of the molecule is O=C(O)C1C=CSC2CCN21. The van der Waals surface area contributed by atoms with E-state index in [0.717, 1.165) is 13.0 Å². The Balaban J connectivity index is 2.14. The first-order valence-corrected chi connectivity index (χ1v) is 4.54. The van der Waals surface area contributed by atoms with Crippen LogP contribution in [0.2, 0.25) is 0 Å². The van der Waals surface area contributed by atoms with Gasteiger partial charge >= 0.3 is 5.97 Å². The Morgan fingerprint density at radius 3 is 3.00 bits per heavy atom. The number of hydrogen-bond donors (Lipinski definition) is 1. The van der Waals surface area contributed by atoms with Crippen LogP contribution in [0.3, 0.4) is 0 Å². The maximum Gasteiger partial charge on any atom is 0.325 e. The smallest absolute Gasteiger partial charge is 0.325 e. The predicted molar refractivity (Wildman–Crippen MR) is 43.3 cm³/mol. The van der Waals surface area contributed by atoms with Crippen molar-refractivity contribution in [3.8, 4) is 0 Å². The number of carbonyl (C=O) groups is 1. The van der Waals surface area contributed by atoms with E-state index in [9.17, 15) is 4.79 Å². The Morgan fingerprint density at radius 1 is 1.73 bits per heavy atom. The van der Waals surface area contributed by atoms with Crippen molar-refractivity contribution in [3.63, 3.8) is 0 Å². The number of thioether (sulfide) groups is 1. The van der Waals surface area contributed by atoms with Gasteiger partial charge in [0.25, 0.3) is 0 Å². The molecule has 4 heteroatoms. The molecule has 2 atom stereocenters. The largest absolute Gasteiger partial charge is 0.480 e. The van der Waals surface area contributed by atoms with Crippen LogP contribution < -0.4 is 0 Å². The third-order valence-corrected chi connectivity index (χ3v) is 3.25. The number of carboxylic acids is 1. The normalized spacial score (nSPS) is 36.0. The molecule has 2 aliphatic rings. The number of rotatable bonds is 1. The van der Waals surface area contributed by atoms with Crippen molar-refractivity contribution in [2.75, 3.05) is 6.54 Å². The molecule has 2 rings (SSSR count). The molecule has 3 nitrogen and oxygen atoms in total. The van der Waals surface area contributed by atoms with Crippen LogP contribution in [-0.2, 0) is 4.79 Å². The van der Waals surface area contributed by atoms with E-state index < -0.39 is 5.97 Å². The minimum Gasteiger partial charge on any atom is -0.480 e.